The first-order chi connectivity index (χ1) is 6.18. The first-order valence-corrected chi connectivity index (χ1v) is 4.69. The highest BCUT2D eigenvalue weighted by Gasteiger charge is 2.03. The highest BCUT2D eigenvalue weighted by atomic mass is 79.9. The minimum atomic E-state index is -0.253. The summed E-state index contributed by atoms with van der Waals surface area (Å²) in [6.07, 6.45) is 0. The molecule has 0 radical (unpaired) electrons. The number of aromatic amines is 1. The number of rotatable bonds is 0. The van der Waals surface area contributed by atoms with Crippen molar-refractivity contribution in [1.29, 1.82) is 0 Å². The molecule has 2 aromatic rings. The molecule has 1 aromatic carbocycles. The Hall–Kier alpha value is -0.870. The topological polar surface area (TPSA) is 45.8 Å². The number of aromatic nitrogens is 2. The quantitative estimate of drug-likeness (QED) is 0.789. The van der Waals surface area contributed by atoms with Gasteiger partial charge in [-0.1, -0.05) is 27.5 Å². The van der Waals surface area contributed by atoms with E-state index in [-0.39, 0.29) is 10.6 Å². The average Bonchev–Trinajstić information content (AvgIpc) is 2.12. The van der Waals surface area contributed by atoms with Crippen molar-refractivity contribution in [3.63, 3.8) is 0 Å². The predicted molar refractivity (Wildman–Crippen MR) is 55.1 cm³/mol. The molecule has 0 aliphatic rings. The number of hydrogen-bond donors (Lipinski definition) is 1. The Morgan fingerprint density at radius 3 is 3.00 bits per heavy atom. The molecular weight excluding hydrogens is 255 g/mol. The first kappa shape index (κ1) is 8.72. The van der Waals surface area contributed by atoms with Crippen molar-refractivity contribution in [2.45, 2.75) is 0 Å². The fraction of sp³-hybridized carbons (Fsp3) is 0. The minimum Gasteiger partial charge on any atom is -0.286 e. The Kier molecular flexibility index (Phi) is 2.09. The van der Waals surface area contributed by atoms with Gasteiger partial charge in [-0.15, -0.1) is 0 Å². The Morgan fingerprint density at radius 2 is 2.23 bits per heavy atom. The molecule has 1 heterocycles. The lowest BCUT2D eigenvalue weighted by Gasteiger charge is -1.97. The monoisotopic (exact) mass is 258 g/mol. The molecule has 0 bridgehead atoms. The van der Waals surface area contributed by atoms with Crippen LogP contribution in [0, 0.1) is 0 Å². The minimum absolute atomic E-state index is 0.0365. The van der Waals surface area contributed by atoms with E-state index in [4.69, 9.17) is 11.6 Å². The van der Waals surface area contributed by atoms with Crippen LogP contribution in [0.4, 0.5) is 0 Å². The molecule has 0 fully saturated rings. The zero-order valence-corrected chi connectivity index (χ0v) is 8.69. The van der Waals surface area contributed by atoms with E-state index in [0.717, 1.165) is 4.47 Å². The van der Waals surface area contributed by atoms with Gasteiger partial charge in [-0.05, 0) is 18.2 Å². The molecule has 0 aliphatic carbocycles. The van der Waals surface area contributed by atoms with Crippen LogP contribution in [0.5, 0.6) is 0 Å². The van der Waals surface area contributed by atoms with E-state index < -0.39 is 0 Å². The summed E-state index contributed by atoms with van der Waals surface area (Å²) >= 11 is 8.84. The maximum absolute atomic E-state index is 11.4. The summed E-state index contributed by atoms with van der Waals surface area (Å²) < 4.78 is 0.841. The lowest BCUT2D eigenvalue weighted by Crippen LogP contribution is -2.05. The molecule has 0 saturated carbocycles. The van der Waals surface area contributed by atoms with Crippen molar-refractivity contribution in [2.24, 2.45) is 0 Å². The second-order valence-corrected chi connectivity index (χ2v) is 3.81. The van der Waals surface area contributed by atoms with Gasteiger partial charge in [-0.3, -0.25) is 9.89 Å². The molecule has 1 aromatic heterocycles. The highest BCUT2D eigenvalue weighted by molar-refractivity contribution is 9.10. The van der Waals surface area contributed by atoms with Crippen molar-refractivity contribution >= 4 is 38.4 Å². The summed E-state index contributed by atoms with van der Waals surface area (Å²) in [5.74, 6) is 0. The molecular formula is C8H4BrClN2O. The molecule has 0 spiro atoms. The molecule has 3 nitrogen and oxygen atoms in total. The Balaban J connectivity index is 2.97. The molecule has 0 amide bonds. The number of hydrogen-bond acceptors (Lipinski definition) is 2. The van der Waals surface area contributed by atoms with Crippen LogP contribution in [0.1, 0.15) is 0 Å². The third kappa shape index (κ3) is 1.47. The van der Waals surface area contributed by atoms with Crippen molar-refractivity contribution in [3.05, 3.63) is 38.0 Å². The van der Waals surface area contributed by atoms with Crippen LogP contribution in [-0.4, -0.2) is 10.2 Å². The molecule has 2 rings (SSSR count). The van der Waals surface area contributed by atoms with Crippen molar-refractivity contribution < 1.29 is 0 Å². The average molecular weight is 259 g/mol. The van der Waals surface area contributed by atoms with Gasteiger partial charge < -0.3 is 0 Å². The summed E-state index contributed by atoms with van der Waals surface area (Å²) in [4.78, 5) is 11.4. The van der Waals surface area contributed by atoms with Gasteiger partial charge in [0.2, 0.25) is 5.43 Å². The molecule has 5 heteroatoms. The van der Waals surface area contributed by atoms with Gasteiger partial charge in [-0.25, -0.2) is 0 Å². The van der Waals surface area contributed by atoms with E-state index in [1.54, 1.807) is 12.1 Å². The number of H-pyrrole nitrogens is 1. The molecule has 0 saturated heterocycles. The number of halogens is 2. The lowest BCUT2D eigenvalue weighted by atomic mass is 10.2. The van der Waals surface area contributed by atoms with Crippen LogP contribution in [0.3, 0.4) is 0 Å². The highest BCUT2D eigenvalue weighted by Crippen LogP contribution is 2.15. The van der Waals surface area contributed by atoms with Crippen LogP contribution >= 0.6 is 27.5 Å². The fourth-order valence-electron chi connectivity index (χ4n) is 1.07. The van der Waals surface area contributed by atoms with Gasteiger partial charge in [0.1, 0.15) is 0 Å². The van der Waals surface area contributed by atoms with Crippen LogP contribution in [0.25, 0.3) is 10.9 Å². The van der Waals surface area contributed by atoms with E-state index in [2.05, 4.69) is 26.1 Å². The van der Waals surface area contributed by atoms with Crippen molar-refractivity contribution in [1.82, 2.24) is 10.2 Å². The number of nitrogens with one attached hydrogen (secondary N) is 1. The Morgan fingerprint density at radius 1 is 1.46 bits per heavy atom. The molecule has 0 unspecified atom stereocenters. The van der Waals surface area contributed by atoms with Gasteiger partial charge in [0.15, 0.2) is 5.15 Å². The van der Waals surface area contributed by atoms with E-state index in [1.807, 2.05) is 6.07 Å². The first-order valence-electron chi connectivity index (χ1n) is 3.52. The van der Waals surface area contributed by atoms with Crippen LogP contribution in [0.2, 0.25) is 5.15 Å². The predicted octanol–water partition coefficient (Wildman–Crippen LogP) is 2.34. The van der Waals surface area contributed by atoms with Crippen LogP contribution < -0.4 is 5.43 Å². The molecule has 66 valence electrons. The van der Waals surface area contributed by atoms with Crippen molar-refractivity contribution in [2.75, 3.05) is 0 Å². The Bertz CT molecular complexity index is 518. The van der Waals surface area contributed by atoms with E-state index >= 15 is 0 Å². The normalized spacial score (nSPS) is 10.6. The van der Waals surface area contributed by atoms with E-state index in [0.29, 0.717) is 10.9 Å². The van der Waals surface area contributed by atoms with Crippen LogP contribution in [0.15, 0.2) is 27.5 Å². The number of fused-ring (bicyclic) bond motifs is 1. The number of nitrogens with zero attached hydrogens (tertiary/aromatic N) is 1. The fourth-order valence-corrected chi connectivity index (χ4v) is 1.58. The molecule has 13 heavy (non-hydrogen) atoms. The number of benzene rings is 1. The second kappa shape index (κ2) is 3.12. The summed E-state index contributed by atoms with van der Waals surface area (Å²) in [6.45, 7) is 0. The van der Waals surface area contributed by atoms with Gasteiger partial charge in [0, 0.05) is 4.47 Å². The third-order valence-corrected chi connectivity index (χ3v) is 2.44. The Labute approximate surface area is 86.9 Å². The summed E-state index contributed by atoms with van der Waals surface area (Å²) in [7, 11) is 0. The SMILES string of the molecule is O=c1c(Cl)n[nH]c2ccc(Br)cc12. The van der Waals surface area contributed by atoms with Crippen LogP contribution in [-0.2, 0) is 0 Å². The summed E-state index contributed by atoms with van der Waals surface area (Å²) in [5.41, 5.74) is 0.425. The standard InChI is InChI=1S/C8H4BrClN2O/c9-4-1-2-6-5(3-4)7(13)8(10)12-11-6/h1-3H,(H,11,13). The van der Waals surface area contributed by atoms with Crippen molar-refractivity contribution in [3.8, 4) is 0 Å². The summed E-state index contributed by atoms with van der Waals surface area (Å²) in [5, 5.41) is 6.83. The van der Waals surface area contributed by atoms with E-state index in [9.17, 15) is 4.79 Å². The molecule has 0 atom stereocenters. The molecule has 1 N–H and O–H groups in total. The second-order valence-electron chi connectivity index (χ2n) is 2.53. The molecule has 0 aliphatic heterocycles. The van der Waals surface area contributed by atoms with Gasteiger partial charge >= 0.3 is 0 Å². The lowest BCUT2D eigenvalue weighted by molar-refractivity contribution is 1.06. The zero-order chi connectivity index (χ0) is 9.42. The smallest absolute Gasteiger partial charge is 0.226 e. The van der Waals surface area contributed by atoms with E-state index in [1.165, 1.54) is 0 Å². The van der Waals surface area contributed by atoms with Gasteiger partial charge in [-0.2, -0.15) is 5.10 Å². The third-order valence-electron chi connectivity index (χ3n) is 1.69. The van der Waals surface area contributed by atoms with Gasteiger partial charge in [0.25, 0.3) is 0 Å². The van der Waals surface area contributed by atoms with Gasteiger partial charge in [0.05, 0.1) is 10.9 Å². The zero-order valence-electron chi connectivity index (χ0n) is 6.34. The maximum Gasteiger partial charge on any atom is 0.226 e. The largest absolute Gasteiger partial charge is 0.286 e. The summed E-state index contributed by atoms with van der Waals surface area (Å²) in [6, 6.07) is 5.31. The maximum atomic E-state index is 11.4.